The number of anilines is 1. The molecule has 1 aromatic heterocycles. The summed E-state index contributed by atoms with van der Waals surface area (Å²) in [6, 6.07) is 1.72. The van der Waals surface area contributed by atoms with Crippen LogP contribution in [0.5, 0.6) is 0 Å². The molecule has 90 valence electrons. The van der Waals surface area contributed by atoms with Gasteiger partial charge in [-0.1, -0.05) is 0 Å². The van der Waals surface area contributed by atoms with E-state index in [0.717, 1.165) is 11.5 Å². The molecule has 1 rings (SSSR count). The highest BCUT2D eigenvalue weighted by Gasteiger charge is 2.20. The Kier molecular flexibility index (Phi) is 3.26. The van der Waals surface area contributed by atoms with Gasteiger partial charge in [-0.2, -0.15) is 5.10 Å². The number of nitrogens with one attached hydrogen (secondary N) is 1. The average Bonchev–Trinajstić information content (AvgIpc) is 2.45. The van der Waals surface area contributed by atoms with Crippen molar-refractivity contribution in [2.45, 2.75) is 33.2 Å². The Labute approximate surface area is 96.4 Å². The minimum Gasteiger partial charge on any atom is -0.331 e. The van der Waals surface area contributed by atoms with Crippen LogP contribution in [-0.4, -0.2) is 34.8 Å². The summed E-state index contributed by atoms with van der Waals surface area (Å²) in [5.74, 6) is 0.726. The molecule has 5 heteroatoms. The molecule has 0 bridgehead atoms. The summed E-state index contributed by atoms with van der Waals surface area (Å²) >= 11 is 0. The molecule has 0 saturated heterocycles. The third kappa shape index (κ3) is 2.74. The maximum Gasteiger partial charge on any atom is 0.322 e. The van der Waals surface area contributed by atoms with Crippen LogP contribution in [0.25, 0.3) is 0 Å². The molecule has 0 aliphatic heterocycles. The third-order valence-corrected chi connectivity index (χ3v) is 2.11. The second-order valence-corrected chi connectivity index (χ2v) is 5.08. The van der Waals surface area contributed by atoms with Crippen molar-refractivity contribution < 1.29 is 4.79 Å². The van der Waals surface area contributed by atoms with E-state index >= 15 is 0 Å². The van der Waals surface area contributed by atoms with E-state index < -0.39 is 0 Å². The number of hydrogen-bond donors (Lipinski definition) is 1. The first kappa shape index (κ1) is 12.5. The van der Waals surface area contributed by atoms with Gasteiger partial charge in [0.1, 0.15) is 5.82 Å². The van der Waals surface area contributed by atoms with Crippen molar-refractivity contribution >= 4 is 11.8 Å². The number of aromatic nitrogens is 2. The lowest BCUT2D eigenvalue weighted by molar-refractivity contribution is 0.230. The van der Waals surface area contributed by atoms with Crippen LogP contribution < -0.4 is 5.32 Å². The Morgan fingerprint density at radius 1 is 1.44 bits per heavy atom. The van der Waals surface area contributed by atoms with Crippen molar-refractivity contribution in [3.8, 4) is 0 Å². The van der Waals surface area contributed by atoms with Gasteiger partial charge in [-0.15, -0.1) is 0 Å². The zero-order chi connectivity index (χ0) is 12.5. The lowest BCUT2D eigenvalue weighted by Crippen LogP contribution is -2.31. The van der Waals surface area contributed by atoms with E-state index in [-0.39, 0.29) is 11.6 Å². The van der Waals surface area contributed by atoms with Gasteiger partial charge in [0.2, 0.25) is 0 Å². The van der Waals surface area contributed by atoms with E-state index in [4.69, 9.17) is 0 Å². The number of carbonyl (C=O) groups excluding carboxylic acids is 1. The topological polar surface area (TPSA) is 50.2 Å². The van der Waals surface area contributed by atoms with Gasteiger partial charge < -0.3 is 4.90 Å². The van der Waals surface area contributed by atoms with Gasteiger partial charge in [-0.25, -0.2) is 9.48 Å². The van der Waals surface area contributed by atoms with Crippen LogP contribution in [0.3, 0.4) is 0 Å². The van der Waals surface area contributed by atoms with E-state index in [9.17, 15) is 4.79 Å². The van der Waals surface area contributed by atoms with E-state index in [1.54, 1.807) is 14.1 Å². The van der Waals surface area contributed by atoms with Crippen LogP contribution in [0.4, 0.5) is 10.6 Å². The molecule has 0 aliphatic rings. The largest absolute Gasteiger partial charge is 0.331 e. The van der Waals surface area contributed by atoms with E-state index in [1.807, 2.05) is 38.4 Å². The fraction of sp³-hybridized carbons (Fsp3) is 0.636. The minimum atomic E-state index is -0.150. The molecule has 0 spiro atoms. The predicted molar refractivity (Wildman–Crippen MR) is 64.7 cm³/mol. The first-order valence-electron chi connectivity index (χ1n) is 5.27. The molecule has 0 atom stereocenters. The lowest BCUT2D eigenvalue weighted by atomic mass is 10.1. The van der Waals surface area contributed by atoms with Crippen LogP contribution in [0.1, 0.15) is 26.5 Å². The summed E-state index contributed by atoms with van der Waals surface area (Å²) in [4.78, 5) is 13.1. The smallest absolute Gasteiger partial charge is 0.322 e. The van der Waals surface area contributed by atoms with Crippen molar-refractivity contribution in [1.82, 2.24) is 14.7 Å². The van der Waals surface area contributed by atoms with Crippen LogP contribution in [0.2, 0.25) is 0 Å². The zero-order valence-corrected chi connectivity index (χ0v) is 10.8. The molecule has 1 heterocycles. The Hall–Kier alpha value is -1.52. The van der Waals surface area contributed by atoms with Crippen LogP contribution >= 0.6 is 0 Å². The molecular weight excluding hydrogens is 204 g/mol. The normalized spacial score (nSPS) is 11.4. The molecule has 0 unspecified atom stereocenters. The van der Waals surface area contributed by atoms with E-state index in [0.29, 0.717) is 0 Å². The fourth-order valence-corrected chi connectivity index (χ4v) is 1.32. The molecule has 1 aromatic rings. The number of urea groups is 1. The summed E-state index contributed by atoms with van der Waals surface area (Å²) in [7, 11) is 3.42. The Morgan fingerprint density at radius 3 is 2.44 bits per heavy atom. The Balaban J connectivity index is 3.01. The number of carbonyl (C=O) groups is 1. The molecule has 0 fully saturated rings. The summed E-state index contributed by atoms with van der Waals surface area (Å²) in [6.07, 6.45) is 0. The predicted octanol–water partition coefficient (Wildman–Crippen LogP) is 2.04. The maximum atomic E-state index is 11.6. The second kappa shape index (κ2) is 4.15. The minimum absolute atomic E-state index is 0.148. The second-order valence-electron chi connectivity index (χ2n) is 5.08. The molecule has 0 aliphatic carbocycles. The first-order chi connectivity index (χ1) is 7.21. The highest BCUT2D eigenvalue weighted by atomic mass is 16.2. The van der Waals surface area contributed by atoms with Crippen LogP contribution in [0, 0.1) is 6.92 Å². The quantitative estimate of drug-likeness (QED) is 0.793. The number of hydrogen-bond acceptors (Lipinski definition) is 2. The number of nitrogens with zero attached hydrogens (tertiary/aromatic N) is 3. The van der Waals surface area contributed by atoms with Gasteiger partial charge in [0.15, 0.2) is 0 Å². The van der Waals surface area contributed by atoms with Gasteiger partial charge >= 0.3 is 6.03 Å². The van der Waals surface area contributed by atoms with Crippen molar-refractivity contribution in [3.05, 3.63) is 11.8 Å². The molecule has 0 aromatic carbocycles. The Morgan fingerprint density at radius 2 is 2.00 bits per heavy atom. The zero-order valence-electron chi connectivity index (χ0n) is 10.8. The number of aryl methyl sites for hydroxylation is 1. The summed E-state index contributed by atoms with van der Waals surface area (Å²) in [5.41, 5.74) is 0.743. The maximum absolute atomic E-state index is 11.6. The van der Waals surface area contributed by atoms with Gasteiger partial charge in [0, 0.05) is 20.2 Å². The summed E-state index contributed by atoms with van der Waals surface area (Å²) in [6.45, 7) is 8.05. The van der Waals surface area contributed by atoms with E-state index in [1.165, 1.54) is 4.90 Å². The summed E-state index contributed by atoms with van der Waals surface area (Å²) < 4.78 is 1.82. The highest BCUT2D eigenvalue weighted by molar-refractivity contribution is 5.88. The molecule has 16 heavy (non-hydrogen) atoms. The van der Waals surface area contributed by atoms with Gasteiger partial charge in [-0.3, -0.25) is 5.32 Å². The molecule has 1 N–H and O–H groups in total. The van der Waals surface area contributed by atoms with Crippen LogP contribution in [-0.2, 0) is 5.54 Å². The number of amides is 2. The summed E-state index contributed by atoms with van der Waals surface area (Å²) in [5, 5.41) is 7.20. The lowest BCUT2D eigenvalue weighted by Gasteiger charge is -2.23. The van der Waals surface area contributed by atoms with Crippen molar-refractivity contribution in [1.29, 1.82) is 0 Å². The van der Waals surface area contributed by atoms with E-state index in [2.05, 4.69) is 10.4 Å². The van der Waals surface area contributed by atoms with Crippen molar-refractivity contribution in [2.75, 3.05) is 19.4 Å². The molecule has 0 radical (unpaired) electrons. The third-order valence-electron chi connectivity index (χ3n) is 2.11. The number of rotatable bonds is 1. The van der Waals surface area contributed by atoms with Gasteiger partial charge in [0.25, 0.3) is 0 Å². The molecule has 0 saturated carbocycles. The van der Waals surface area contributed by atoms with Crippen LogP contribution in [0.15, 0.2) is 6.07 Å². The monoisotopic (exact) mass is 224 g/mol. The SMILES string of the molecule is Cc1cc(NC(=O)N(C)C)n(C(C)(C)C)n1. The first-order valence-corrected chi connectivity index (χ1v) is 5.27. The molecular formula is C11H20N4O. The Bertz CT molecular complexity index is 387. The fourth-order valence-electron chi connectivity index (χ4n) is 1.32. The standard InChI is InChI=1S/C11H20N4O/c1-8-7-9(12-10(16)14(5)6)15(13-8)11(2,3)4/h7H,1-6H3,(H,12,16). The average molecular weight is 224 g/mol. The molecule has 5 nitrogen and oxygen atoms in total. The van der Waals surface area contributed by atoms with Gasteiger partial charge in [0.05, 0.1) is 11.2 Å². The van der Waals surface area contributed by atoms with Crippen molar-refractivity contribution in [2.24, 2.45) is 0 Å². The van der Waals surface area contributed by atoms with Gasteiger partial charge in [-0.05, 0) is 27.7 Å². The molecule has 2 amide bonds. The highest BCUT2D eigenvalue weighted by Crippen LogP contribution is 2.21. The van der Waals surface area contributed by atoms with Crippen molar-refractivity contribution in [3.63, 3.8) is 0 Å².